The zero-order valence-corrected chi connectivity index (χ0v) is 31.0. The zero-order valence-electron chi connectivity index (χ0n) is 31.0. The van der Waals surface area contributed by atoms with Crippen LogP contribution < -0.4 is 10.6 Å². The highest BCUT2D eigenvalue weighted by atomic mass is 16.5. The molecule has 48 heavy (non-hydrogen) atoms. The lowest BCUT2D eigenvalue weighted by Crippen LogP contribution is -2.46. The molecule has 1 heterocycles. The van der Waals surface area contributed by atoms with Gasteiger partial charge in [-0.05, 0) is 58.9 Å². The van der Waals surface area contributed by atoms with E-state index in [4.69, 9.17) is 4.74 Å². The van der Waals surface area contributed by atoms with Gasteiger partial charge in [0.15, 0.2) is 0 Å². The Morgan fingerprint density at radius 2 is 1.40 bits per heavy atom. The van der Waals surface area contributed by atoms with Gasteiger partial charge in [0.25, 0.3) is 5.91 Å². The second-order valence-electron chi connectivity index (χ2n) is 12.9. The molecule has 0 saturated heterocycles. The molecule has 1 saturated carbocycles. The number of benzene rings is 2. The first-order valence-corrected chi connectivity index (χ1v) is 17.9. The van der Waals surface area contributed by atoms with Crippen molar-refractivity contribution in [2.75, 3.05) is 13.7 Å². The van der Waals surface area contributed by atoms with E-state index in [2.05, 4.69) is 72.8 Å². The Morgan fingerprint density at radius 3 is 1.94 bits per heavy atom. The number of ether oxygens (including phenoxy) is 1. The number of rotatable bonds is 10. The normalized spacial score (nSPS) is 16.4. The maximum Gasteiger partial charge on any atom is 0.338 e. The quantitative estimate of drug-likeness (QED) is 0.167. The molecule has 0 spiro atoms. The van der Waals surface area contributed by atoms with Gasteiger partial charge in [-0.25, -0.2) is 4.79 Å². The summed E-state index contributed by atoms with van der Waals surface area (Å²) in [6.07, 6.45) is 8.44. The smallest absolute Gasteiger partial charge is 0.338 e. The second kappa shape index (κ2) is 19.1. The number of carbonyl (C=O) groups excluding carboxylic acids is 3. The highest BCUT2D eigenvalue weighted by Gasteiger charge is 2.48. The van der Waals surface area contributed by atoms with Crippen LogP contribution in [0.3, 0.4) is 0 Å². The van der Waals surface area contributed by atoms with Crippen LogP contribution in [0.4, 0.5) is 0 Å². The molecule has 7 heteroatoms. The van der Waals surface area contributed by atoms with Gasteiger partial charge >= 0.3 is 5.97 Å². The average molecular weight is 658 g/mol. The second-order valence-corrected chi connectivity index (χ2v) is 12.9. The fourth-order valence-electron chi connectivity index (χ4n) is 6.49. The standard InChI is InChI=1S/C35H41N3O4.3C2H6/c1-34(2,3)22-37-33(41)35(29-14-7-5-12-25(29)26-13-6-8-15-30(26)35)17-10-9-11-23-19-24(20-23)38-31(39)28-21-36-18-16-27(28)32(40)42-4;3*1-2/h5-8,12-16,18,21,23-24H,9-11,17,19-20,22H2,1-4H3,(H,37,41)(H,38,39);3*1-2H3. The first kappa shape index (κ1) is 40.2. The van der Waals surface area contributed by atoms with Gasteiger partial charge in [-0.15, -0.1) is 0 Å². The minimum Gasteiger partial charge on any atom is -0.465 e. The highest BCUT2D eigenvalue weighted by molar-refractivity contribution is 6.05. The zero-order chi connectivity index (χ0) is 35.9. The lowest BCUT2D eigenvalue weighted by Gasteiger charge is -2.36. The molecular weight excluding hydrogens is 598 g/mol. The number of aromatic nitrogens is 1. The minimum absolute atomic E-state index is 0.0113. The van der Waals surface area contributed by atoms with Crippen molar-refractivity contribution in [3.05, 3.63) is 89.2 Å². The van der Waals surface area contributed by atoms with E-state index in [0.717, 1.165) is 60.8 Å². The number of nitrogens with one attached hydrogen (secondary N) is 2. The molecule has 2 aliphatic carbocycles. The maximum absolute atomic E-state index is 14.1. The lowest BCUT2D eigenvalue weighted by atomic mass is 9.72. The molecule has 2 amide bonds. The Bertz CT molecular complexity index is 1420. The monoisotopic (exact) mass is 657 g/mol. The topological polar surface area (TPSA) is 97.4 Å². The Labute approximate surface area is 289 Å². The van der Waals surface area contributed by atoms with E-state index in [9.17, 15) is 14.4 Å². The Morgan fingerprint density at radius 1 is 0.833 bits per heavy atom. The summed E-state index contributed by atoms with van der Waals surface area (Å²) >= 11 is 0. The van der Waals surface area contributed by atoms with Crippen LogP contribution in [0.5, 0.6) is 0 Å². The third kappa shape index (κ3) is 9.33. The van der Waals surface area contributed by atoms with E-state index < -0.39 is 11.4 Å². The van der Waals surface area contributed by atoms with Gasteiger partial charge in [-0.1, -0.05) is 130 Å². The van der Waals surface area contributed by atoms with E-state index in [0.29, 0.717) is 12.5 Å². The minimum atomic E-state index is -0.699. The molecule has 2 aromatic carbocycles. The first-order chi connectivity index (χ1) is 23.1. The van der Waals surface area contributed by atoms with Crippen molar-refractivity contribution in [2.45, 2.75) is 112 Å². The lowest BCUT2D eigenvalue weighted by molar-refractivity contribution is -0.126. The largest absolute Gasteiger partial charge is 0.465 e. The molecule has 2 aliphatic rings. The predicted octanol–water partition coefficient (Wildman–Crippen LogP) is 9.14. The number of hydrogen-bond acceptors (Lipinski definition) is 5. The molecule has 5 rings (SSSR count). The molecule has 262 valence electrons. The number of methoxy groups -OCH3 is 1. The van der Waals surface area contributed by atoms with E-state index in [1.165, 1.54) is 25.6 Å². The third-order valence-corrected chi connectivity index (χ3v) is 8.69. The van der Waals surface area contributed by atoms with Gasteiger partial charge < -0.3 is 15.4 Å². The van der Waals surface area contributed by atoms with E-state index in [1.54, 1.807) is 0 Å². The van der Waals surface area contributed by atoms with Crippen molar-refractivity contribution in [3.8, 4) is 11.1 Å². The van der Waals surface area contributed by atoms with Gasteiger partial charge in [-0.3, -0.25) is 14.6 Å². The van der Waals surface area contributed by atoms with Crippen molar-refractivity contribution in [3.63, 3.8) is 0 Å². The summed E-state index contributed by atoms with van der Waals surface area (Å²) in [6, 6.07) is 18.3. The summed E-state index contributed by atoms with van der Waals surface area (Å²) in [7, 11) is 1.30. The summed E-state index contributed by atoms with van der Waals surface area (Å²) in [6.45, 7) is 19.0. The molecule has 0 radical (unpaired) electrons. The predicted molar refractivity (Wildman–Crippen MR) is 197 cm³/mol. The molecule has 0 atom stereocenters. The molecule has 0 unspecified atom stereocenters. The van der Waals surface area contributed by atoms with Crippen molar-refractivity contribution in [1.29, 1.82) is 0 Å². The average Bonchev–Trinajstić information content (AvgIpc) is 3.40. The number of fused-ring (bicyclic) bond motifs is 3. The van der Waals surface area contributed by atoms with Crippen molar-refractivity contribution >= 4 is 17.8 Å². The summed E-state index contributed by atoms with van der Waals surface area (Å²) in [4.78, 5) is 43.0. The summed E-state index contributed by atoms with van der Waals surface area (Å²) in [5.41, 5.74) is 4.26. The molecule has 1 aromatic heterocycles. The third-order valence-electron chi connectivity index (χ3n) is 8.69. The van der Waals surface area contributed by atoms with Crippen LogP contribution in [0.2, 0.25) is 0 Å². The van der Waals surface area contributed by atoms with Crippen molar-refractivity contribution in [2.24, 2.45) is 11.3 Å². The number of amides is 2. The molecule has 0 aliphatic heterocycles. The van der Waals surface area contributed by atoms with Crippen LogP contribution in [-0.4, -0.2) is 42.5 Å². The fraction of sp³-hybridized carbons (Fsp3) is 0.512. The molecular formula is C41H59N3O4. The van der Waals surface area contributed by atoms with Gasteiger partial charge in [0, 0.05) is 25.0 Å². The van der Waals surface area contributed by atoms with E-state index in [-0.39, 0.29) is 34.4 Å². The van der Waals surface area contributed by atoms with Gasteiger partial charge in [0.1, 0.15) is 5.41 Å². The summed E-state index contributed by atoms with van der Waals surface area (Å²) in [5.74, 6) is -0.235. The van der Waals surface area contributed by atoms with Gasteiger partial charge in [0.05, 0.1) is 18.2 Å². The number of hydrogen-bond donors (Lipinski definition) is 2. The number of carbonyl (C=O) groups is 3. The molecule has 3 aromatic rings. The maximum atomic E-state index is 14.1. The van der Waals surface area contributed by atoms with Gasteiger partial charge in [-0.2, -0.15) is 0 Å². The molecule has 0 bridgehead atoms. The van der Waals surface area contributed by atoms with E-state index in [1.807, 2.05) is 53.7 Å². The van der Waals surface area contributed by atoms with Crippen LogP contribution in [0.25, 0.3) is 11.1 Å². The number of nitrogens with zero attached hydrogens (tertiary/aromatic N) is 1. The number of pyridine rings is 1. The number of esters is 1. The van der Waals surface area contributed by atoms with E-state index >= 15 is 0 Å². The van der Waals surface area contributed by atoms with Crippen LogP contribution in [0, 0.1) is 11.3 Å². The Kier molecular flexibility index (Phi) is 16.0. The summed E-state index contributed by atoms with van der Waals surface area (Å²) < 4.78 is 4.80. The van der Waals surface area contributed by atoms with Gasteiger partial charge in [0.2, 0.25) is 5.91 Å². The fourth-order valence-corrected chi connectivity index (χ4v) is 6.49. The van der Waals surface area contributed by atoms with Crippen LogP contribution in [0.1, 0.15) is 133 Å². The first-order valence-electron chi connectivity index (χ1n) is 17.9. The van der Waals surface area contributed by atoms with Crippen molar-refractivity contribution in [1.82, 2.24) is 15.6 Å². The summed E-state index contributed by atoms with van der Waals surface area (Å²) in [5, 5.41) is 6.35. The highest BCUT2D eigenvalue weighted by Crippen LogP contribution is 2.51. The Balaban J connectivity index is 0.00000126. The van der Waals surface area contributed by atoms with Crippen LogP contribution in [0.15, 0.2) is 67.0 Å². The molecule has 7 nitrogen and oxygen atoms in total. The van der Waals surface area contributed by atoms with Crippen LogP contribution >= 0.6 is 0 Å². The van der Waals surface area contributed by atoms with Crippen molar-refractivity contribution < 1.29 is 19.1 Å². The number of unbranched alkanes of at least 4 members (excludes halogenated alkanes) is 1. The molecule has 2 N–H and O–H groups in total. The Hall–Kier alpha value is -4.00. The molecule has 1 fully saturated rings. The SMILES string of the molecule is CC.CC.CC.COC(=O)c1ccncc1C(=O)NC1CC(CCCCC2(C(=O)NCC(C)(C)C)c3ccccc3-c3ccccc32)C1. The van der Waals surface area contributed by atoms with Crippen LogP contribution in [-0.2, 0) is 14.9 Å².